The molecule has 0 bridgehead atoms. The number of rotatable bonds is 3. The zero-order chi connectivity index (χ0) is 8.10. The van der Waals surface area contributed by atoms with Crippen LogP contribution in [0.3, 0.4) is 0 Å². The van der Waals surface area contributed by atoms with Crippen LogP contribution in [-0.2, 0) is 11.3 Å². The van der Waals surface area contributed by atoms with Gasteiger partial charge in [-0.1, -0.05) is 18.2 Å². The highest BCUT2D eigenvalue weighted by Gasteiger charge is 1.93. The monoisotopic (exact) mass is 149 g/mol. The van der Waals surface area contributed by atoms with Gasteiger partial charge in [0.25, 0.3) is 0 Å². The van der Waals surface area contributed by atoms with Gasteiger partial charge < -0.3 is 4.74 Å². The minimum Gasteiger partial charge on any atom is -0.374 e. The number of hydrogen-bond acceptors (Lipinski definition) is 1. The second kappa shape index (κ2) is 4.14. The Morgan fingerprint density at radius 2 is 2.36 bits per heavy atom. The Hall–Kier alpha value is -0.820. The van der Waals surface area contributed by atoms with Crippen molar-refractivity contribution >= 4 is 0 Å². The zero-order valence-corrected chi connectivity index (χ0v) is 7.00. The Morgan fingerprint density at radius 3 is 2.91 bits per heavy atom. The Kier molecular flexibility index (Phi) is 3.12. The van der Waals surface area contributed by atoms with Crippen LogP contribution < -0.4 is 0 Å². The summed E-state index contributed by atoms with van der Waals surface area (Å²) in [6.45, 7) is 4.76. The molecular formula is C10H13O. The molecule has 0 fully saturated rings. The first kappa shape index (κ1) is 8.28. The van der Waals surface area contributed by atoms with E-state index in [2.05, 4.69) is 6.07 Å². The van der Waals surface area contributed by atoms with E-state index < -0.39 is 0 Å². The van der Waals surface area contributed by atoms with E-state index in [4.69, 9.17) is 4.74 Å². The molecule has 0 aromatic heterocycles. The van der Waals surface area contributed by atoms with Crippen molar-refractivity contribution in [2.75, 3.05) is 0 Å². The average molecular weight is 149 g/mol. The summed E-state index contributed by atoms with van der Waals surface area (Å²) in [7, 11) is 0. The van der Waals surface area contributed by atoms with Crippen molar-refractivity contribution in [1.29, 1.82) is 0 Å². The van der Waals surface area contributed by atoms with Crippen molar-refractivity contribution in [3.05, 3.63) is 35.9 Å². The first-order valence-corrected chi connectivity index (χ1v) is 3.85. The van der Waals surface area contributed by atoms with Crippen LogP contribution >= 0.6 is 0 Å². The van der Waals surface area contributed by atoms with Crippen LogP contribution in [-0.4, -0.2) is 6.10 Å². The molecule has 1 aromatic rings. The van der Waals surface area contributed by atoms with Crippen LogP contribution in [0.15, 0.2) is 24.3 Å². The van der Waals surface area contributed by atoms with E-state index >= 15 is 0 Å². The lowest BCUT2D eigenvalue weighted by molar-refractivity contribution is 0.0657. The van der Waals surface area contributed by atoms with Crippen molar-refractivity contribution in [1.82, 2.24) is 0 Å². The lowest BCUT2D eigenvalue weighted by Crippen LogP contribution is -2.01. The summed E-state index contributed by atoms with van der Waals surface area (Å²) < 4.78 is 5.41. The molecule has 0 aliphatic heterocycles. The fraction of sp³-hybridized carbons (Fsp3) is 0.400. The molecule has 1 rings (SSSR count). The van der Waals surface area contributed by atoms with Crippen LogP contribution in [0.25, 0.3) is 0 Å². The normalized spacial score (nSPS) is 10.5. The number of ether oxygens (including phenoxy) is 1. The highest BCUT2D eigenvalue weighted by molar-refractivity contribution is 5.12. The maximum Gasteiger partial charge on any atom is 0.0720 e. The maximum atomic E-state index is 5.41. The SMILES string of the molecule is CC(C)OCc1c[c]ccc1. The Morgan fingerprint density at radius 1 is 1.55 bits per heavy atom. The molecule has 0 amide bonds. The van der Waals surface area contributed by atoms with Gasteiger partial charge in [0.2, 0.25) is 0 Å². The van der Waals surface area contributed by atoms with Crippen molar-refractivity contribution < 1.29 is 4.74 Å². The van der Waals surface area contributed by atoms with E-state index in [9.17, 15) is 0 Å². The first-order chi connectivity index (χ1) is 5.29. The largest absolute Gasteiger partial charge is 0.374 e. The highest BCUT2D eigenvalue weighted by atomic mass is 16.5. The fourth-order valence-electron chi connectivity index (χ4n) is 0.783. The van der Waals surface area contributed by atoms with Crippen LogP contribution in [0.2, 0.25) is 0 Å². The summed E-state index contributed by atoms with van der Waals surface area (Å²) in [5, 5.41) is 0. The summed E-state index contributed by atoms with van der Waals surface area (Å²) in [4.78, 5) is 0. The molecule has 1 nitrogen and oxygen atoms in total. The van der Waals surface area contributed by atoms with Crippen molar-refractivity contribution in [2.45, 2.75) is 26.6 Å². The number of hydrogen-bond donors (Lipinski definition) is 0. The minimum atomic E-state index is 0.301. The van der Waals surface area contributed by atoms with Gasteiger partial charge in [0.05, 0.1) is 12.7 Å². The quantitative estimate of drug-likeness (QED) is 0.641. The maximum absolute atomic E-state index is 5.41. The van der Waals surface area contributed by atoms with Crippen molar-refractivity contribution in [3.8, 4) is 0 Å². The molecule has 0 N–H and O–H groups in total. The predicted octanol–water partition coefficient (Wildman–Crippen LogP) is 2.41. The van der Waals surface area contributed by atoms with E-state index in [1.807, 2.05) is 38.1 Å². The fourth-order valence-corrected chi connectivity index (χ4v) is 0.783. The van der Waals surface area contributed by atoms with Crippen LogP contribution in [0, 0.1) is 6.07 Å². The first-order valence-electron chi connectivity index (χ1n) is 3.85. The van der Waals surface area contributed by atoms with Gasteiger partial charge in [-0.05, 0) is 31.5 Å². The van der Waals surface area contributed by atoms with Gasteiger partial charge in [0, 0.05) is 0 Å². The summed E-state index contributed by atoms with van der Waals surface area (Å²) >= 11 is 0. The van der Waals surface area contributed by atoms with Gasteiger partial charge in [-0.2, -0.15) is 0 Å². The third-order valence-electron chi connectivity index (χ3n) is 1.35. The van der Waals surface area contributed by atoms with Crippen molar-refractivity contribution in [3.63, 3.8) is 0 Å². The zero-order valence-electron chi connectivity index (χ0n) is 7.00. The molecule has 1 heteroatoms. The van der Waals surface area contributed by atoms with Crippen LogP contribution in [0.5, 0.6) is 0 Å². The lowest BCUT2D eigenvalue weighted by Gasteiger charge is -2.06. The summed E-state index contributed by atoms with van der Waals surface area (Å²) in [5.41, 5.74) is 1.18. The smallest absolute Gasteiger partial charge is 0.0720 e. The molecule has 0 heterocycles. The van der Waals surface area contributed by atoms with E-state index in [1.54, 1.807) is 0 Å². The minimum absolute atomic E-state index is 0.301. The summed E-state index contributed by atoms with van der Waals surface area (Å²) in [6.07, 6.45) is 0.301. The summed E-state index contributed by atoms with van der Waals surface area (Å²) in [6, 6.07) is 10.9. The molecule has 0 saturated heterocycles. The van der Waals surface area contributed by atoms with Crippen molar-refractivity contribution in [2.24, 2.45) is 0 Å². The lowest BCUT2D eigenvalue weighted by atomic mass is 10.2. The molecule has 1 aromatic carbocycles. The second-order valence-corrected chi connectivity index (χ2v) is 2.77. The van der Waals surface area contributed by atoms with Gasteiger partial charge >= 0.3 is 0 Å². The molecule has 0 aliphatic rings. The molecule has 0 aliphatic carbocycles. The van der Waals surface area contributed by atoms with Gasteiger partial charge in [-0.15, -0.1) is 0 Å². The molecular weight excluding hydrogens is 136 g/mol. The van der Waals surface area contributed by atoms with E-state index in [0.29, 0.717) is 12.7 Å². The standard InChI is InChI=1S/C10H13O/c1-9(2)11-8-10-6-4-3-5-7-10/h3-4,6-7,9H,8H2,1-2H3. The Balaban J connectivity index is 2.39. The van der Waals surface area contributed by atoms with Gasteiger partial charge in [-0.3, -0.25) is 0 Å². The molecule has 0 unspecified atom stereocenters. The molecule has 0 saturated carbocycles. The van der Waals surface area contributed by atoms with E-state index in [-0.39, 0.29) is 0 Å². The predicted molar refractivity (Wildman–Crippen MR) is 45.2 cm³/mol. The molecule has 0 atom stereocenters. The molecule has 59 valence electrons. The summed E-state index contributed by atoms with van der Waals surface area (Å²) in [5.74, 6) is 0. The molecule has 0 spiro atoms. The van der Waals surface area contributed by atoms with Gasteiger partial charge in [-0.25, -0.2) is 0 Å². The van der Waals surface area contributed by atoms with E-state index in [1.165, 1.54) is 5.56 Å². The van der Waals surface area contributed by atoms with Crippen LogP contribution in [0.1, 0.15) is 19.4 Å². The topological polar surface area (TPSA) is 9.23 Å². The third kappa shape index (κ3) is 3.19. The Bertz CT molecular complexity index is 191. The van der Waals surface area contributed by atoms with Gasteiger partial charge in [0.15, 0.2) is 0 Å². The average Bonchev–Trinajstić information content (AvgIpc) is 2.03. The van der Waals surface area contributed by atoms with Crippen LogP contribution in [0.4, 0.5) is 0 Å². The molecule has 1 radical (unpaired) electrons. The second-order valence-electron chi connectivity index (χ2n) is 2.77. The Labute approximate surface area is 68.0 Å². The highest BCUT2D eigenvalue weighted by Crippen LogP contribution is 2.01. The van der Waals surface area contributed by atoms with Gasteiger partial charge in [0.1, 0.15) is 0 Å². The molecule has 11 heavy (non-hydrogen) atoms. The van der Waals surface area contributed by atoms with E-state index in [0.717, 1.165) is 0 Å². The number of benzene rings is 1. The third-order valence-corrected chi connectivity index (χ3v) is 1.35.